The van der Waals surface area contributed by atoms with Crippen molar-refractivity contribution in [3.63, 3.8) is 0 Å². The van der Waals surface area contributed by atoms with Gasteiger partial charge in [0, 0.05) is 19.0 Å². The van der Waals surface area contributed by atoms with Gasteiger partial charge in [0.05, 0.1) is 4.90 Å². The van der Waals surface area contributed by atoms with Gasteiger partial charge in [-0.25, -0.2) is 8.42 Å². The van der Waals surface area contributed by atoms with Crippen LogP contribution in [0.2, 0.25) is 0 Å². The average molecular weight is 330 g/mol. The molecule has 0 radical (unpaired) electrons. The summed E-state index contributed by atoms with van der Waals surface area (Å²) in [4.78, 5) is 0.411. The van der Waals surface area contributed by atoms with E-state index in [0.29, 0.717) is 29.8 Å². The zero-order valence-corrected chi connectivity index (χ0v) is 14.2. The summed E-state index contributed by atoms with van der Waals surface area (Å²) in [6.45, 7) is 3.47. The molecule has 1 aliphatic rings. The Morgan fingerprint density at radius 1 is 1.29 bits per heavy atom. The maximum Gasteiger partial charge on any atom is 0.243 e. The molecule has 118 valence electrons. The highest BCUT2D eigenvalue weighted by atomic mass is 35.5. The van der Waals surface area contributed by atoms with Gasteiger partial charge < -0.3 is 0 Å². The van der Waals surface area contributed by atoms with Crippen molar-refractivity contribution in [2.45, 2.75) is 43.9 Å². The molecule has 1 aromatic carbocycles. The van der Waals surface area contributed by atoms with Crippen molar-refractivity contribution >= 4 is 21.6 Å². The standard InChI is InChI=1S/C16H24ClNO2S/c1-2-4-15-10-12-18(13-15)21(19,20)16-8-6-14(7-9-16)5-3-11-17/h6-9,15H,2-5,10-13H2,1H3. The van der Waals surface area contributed by atoms with Gasteiger partial charge >= 0.3 is 0 Å². The summed E-state index contributed by atoms with van der Waals surface area (Å²) < 4.78 is 26.9. The first-order chi connectivity index (χ1) is 10.1. The van der Waals surface area contributed by atoms with E-state index in [9.17, 15) is 8.42 Å². The van der Waals surface area contributed by atoms with Crippen LogP contribution in [0.4, 0.5) is 0 Å². The van der Waals surface area contributed by atoms with E-state index in [1.807, 2.05) is 12.1 Å². The topological polar surface area (TPSA) is 37.4 Å². The highest BCUT2D eigenvalue weighted by Crippen LogP contribution is 2.27. The van der Waals surface area contributed by atoms with E-state index < -0.39 is 10.0 Å². The Hall–Kier alpha value is -0.580. The van der Waals surface area contributed by atoms with Crippen LogP contribution in [0.1, 0.15) is 38.2 Å². The second-order valence-corrected chi connectivity index (χ2v) is 8.06. The van der Waals surface area contributed by atoms with Gasteiger partial charge in [0.1, 0.15) is 0 Å². The summed E-state index contributed by atoms with van der Waals surface area (Å²) in [5, 5.41) is 0. The molecule has 0 bridgehead atoms. The van der Waals surface area contributed by atoms with Gasteiger partial charge in [0.25, 0.3) is 0 Å². The number of benzene rings is 1. The summed E-state index contributed by atoms with van der Waals surface area (Å²) >= 11 is 5.68. The van der Waals surface area contributed by atoms with Gasteiger partial charge in [-0.05, 0) is 49.3 Å². The summed E-state index contributed by atoms with van der Waals surface area (Å²) in [5.74, 6) is 1.15. The lowest BCUT2D eigenvalue weighted by Crippen LogP contribution is -2.28. The van der Waals surface area contributed by atoms with E-state index >= 15 is 0 Å². The average Bonchev–Trinajstić information content (AvgIpc) is 2.95. The molecule has 1 aliphatic heterocycles. The molecule has 0 aromatic heterocycles. The molecular weight excluding hydrogens is 306 g/mol. The number of aryl methyl sites for hydroxylation is 1. The second-order valence-electron chi connectivity index (χ2n) is 5.74. The third kappa shape index (κ3) is 4.21. The van der Waals surface area contributed by atoms with E-state index in [-0.39, 0.29) is 0 Å². The van der Waals surface area contributed by atoms with E-state index in [1.165, 1.54) is 0 Å². The predicted molar refractivity (Wildman–Crippen MR) is 87.3 cm³/mol. The monoisotopic (exact) mass is 329 g/mol. The molecule has 1 heterocycles. The molecule has 21 heavy (non-hydrogen) atoms. The van der Waals surface area contributed by atoms with Crippen LogP contribution in [-0.4, -0.2) is 31.7 Å². The van der Waals surface area contributed by atoms with Crippen molar-refractivity contribution in [2.24, 2.45) is 5.92 Å². The SMILES string of the molecule is CCCC1CCN(S(=O)(=O)c2ccc(CCCCl)cc2)C1. The Balaban J connectivity index is 2.06. The number of sulfonamides is 1. The lowest BCUT2D eigenvalue weighted by molar-refractivity contribution is 0.444. The first kappa shape index (κ1) is 16.8. The van der Waals surface area contributed by atoms with Crippen LogP contribution in [0.3, 0.4) is 0 Å². The summed E-state index contributed by atoms with van der Waals surface area (Å²) in [6, 6.07) is 7.26. The Labute approximate surface area is 133 Å². The minimum atomic E-state index is -3.32. The normalized spacial score (nSPS) is 20.0. The molecule has 1 unspecified atom stereocenters. The van der Waals surface area contributed by atoms with Crippen LogP contribution in [0.25, 0.3) is 0 Å². The van der Waals surface area contributed by atoms with Crippen molar-refractivity contribution in [3.05, 3.63) is 29.8 Å². The van der Waals surface area contributed by atoms with Gasteiger partial charge in [-0.1, -0.05) is 25.5 Å². The molecule has 0 aliphatic carbocycles. The minimum Gasteiger partial charge on any atom is -0.207 e. The third-order valence-electron chi connectivity index (χ3n) is 4.11. The number of rotatable bonds is 7. The lowest BCUT2D eigenvalue weighted by atomic mass is 10.0. The summed E-state index contributed by atoms with van der Waals surface area (Å²) in [5.41, 5.74) is 1.14. The van der Waals surface area contributed by atoms with Crippen molar-refractivity contribution in [3.8, 4) is 0 Å². The Morgan fingerprint density at radius 3 is 2.62 bits per heavy atom. The van der Waals surface area contributed by atoms with Crippen molar-refractivity contribution < 1.29 is 8.42 Å². The molecule has 1 fully saturated rings. The summed E-state index contributed by atoms with van der Waals surface area (Å²) in [6.07, 6.45) is 5.03. The van der Waals surface area contributed by atoms with Gasteiger partial charge in [0.15, 0.2) is 0 Å². The van der Waals surface area contributed by atoms with E-state index in [4.69, 9.17) is 11.6 Å². The van der Waals surface area contributed by atoms with E-state index in [2.05, 4.69) is 6.92 Å². The second kappa shape index (κ2) is 7.61. The zero-order valence-electron chi connectivity index (χ0n) is 12.6. The lowest BCUT2D eigenvalue weighted by Gasteiger charge is -2.17. The number of hydrogen-bond donors (Lipinski definition) is 0. The Bertz CT molecular complexity index is 542. The number of nitrogens with zero attached hydrogens (tertiary/aromatic N) is 1. The molecule has 3 nitrogen and oxygen atoms in total. The van der Waals surface area contributed by atoms with Crippen LogP contribution < -0.4 is 0 Å². The van der Waals surface area contributed by atoms with Crippen LogP contribution in [0, 0.1) is 5.92 Å². The summed E-state index contributed by atoms with van der Waals surface area (Å²) in [7, 11) is -3.32. The Kier molecular flexibility index (Phi) is 6.08. The van der Waals surface area contributed by atoms with Crippen LogP contribution >= 0.6 is 11.6 Å². The molecule has 5 heteroatoms. The van der Waals surface area contributed by atoms with Gasteiger partial charge in [-0.15, -0.1) is 11.6 Å². The molecule has 0 amide bonds. The molecule has 1 atom stereocenters. The van der Waals surface area contributed by atoms with Crippen molar-refractivity contribution in [2.75, 3.05) is 19.0 Å². The largest absolute Gasteiger partial charge is 0.243 e. The molecule has 0 saturated carbocycles. The fourth-order valence-electron chi connectivity index (χ4n) is 2.91. The molecule has 0 N–H and O–H groups in total. The fraction of sp³-hybridized carbons (Fsp3) is 0.625. The molecule has 1 aromatic rings. The van der Waals surface area contributed by atoms with E-state index in [1.54, 1.807) is 16.4 Å². The maximum atomic E-state index is 12.6. The quantitative estimate of drug-likeness (QED) is 0.716. The van der Waals surface area contributed by atoms with Crippen molar-refractivity contribution in [1.82, 2.24) is 4.31 Å². The van der Waals surface area contributed by atoms with Gasteiger partial charge in [0.2, 0.25) is 10.0 Å². The minimum absolute atomic E-state index is 0.411. The highest BCUT2D eigenvalue weighted by molar-refractivity contribution is 7.89. The third-order valence-corrected chi connectivity index (χ3v) is 6.25. The molecule has 1 saturated heterocycles. The van der Waals surface area contributed by atoms with Crippen LogP contribution in [0.5, 0.6) is 0 Å². The molecule has 0 spiro atoms. The smallest absolute Gasteiger partial charge is 0.207 e. The van der Waals surface area contributed by atoms with E-state index in [0.717, 1.165) is 37.7 Å². The predicted octanol–water partition coefficient (Wildman–Crippen LogP) is 3.67. The molecular formula is C16H24ClNO2S. The fourth-order valence-corrected chi connectivity index (χ4v) is 4.57. The van der Waals surface area contributed by atoms with Crippen molar-refractivity contribution in [1.29, 1.82) is 0 Å². The Morgan fingerprint density at radius 2 is 2.00 bits per heavy atom. The number of alkyl halides is 1. The number of halogens is 1. The zero-order chi connectivity index (χ0) is 15.3. The first-order valence-corrected chi connectivity index (χ1v) is 9.70. The first-order valence-electron chi connectivity index (χ1n) is 7.73. The van der Waals surface area contributed by atoms with Gasteiger partial charge in [-0.3, -0.25) is 0 Å². The van der Waals surface area contributed by atoms with Crippen LogP contribution in [-0.2, 0) is 16.4 Å². The highest BCUT2D eigenvalue weighted by Gasteiger charge is 2.31. The maximum absolute atomic E-state index is 12.6. The van der Waals surface area contributed by atoms with Gasteiger partial charge in [-0.2, -0.15) is 4.31 Å². The number of hydrogen-bond acceptors (Lipinski definition) is 2. The van der Waals surface area contributed by atoms with Crippen LogP contribution in [0.15, 0.2) is 29.2 Å². The molecule has 2 rings (SSSR count).